The Morgan fingerprint density at radius 2 is 1.97 bits per heavy atom. The third-order valence-corrected chi connectivity index (χ3v) is 7.82. The molecule has 0 bridgehead atoms. The lowest BCUT2D eigenvalue weighted by Crippen LogP contribution is -2.39. The molecule has 1 N–H and O–H groups in total. The highest BCUT2D eigenvalue weighted by molar-refractivity contribution is 5.79. The van der Waals surface area contributed by atoms with Crippen molar-refractivity contribution in [3.05, 3.63) is 57.1 Å². The Kier molecular flexibility index (Phi) is 6.77. The first kappa shape index (κ1) is 24.1. The molecule has 1 fully saturated rings. The number of aryl methyl sites for hydroxylation is 1. The average molecular weight is 483 g/mol. The van der Waals surface area contributed by atoms with Crippen molar-refractivity contribution in [2.24, 2.45) is 11.8 Å². The molecule has 1 aromatic carbocycles. The smallest absolute Gasteiger partial charge is 0.257 e. The van der Waals surface area contributed by atoms with Crippen LogP contribution in [0.1, 0.15) is 74.3 Å². The normalized spacial score (nSPS) is 21.7. The molecular weight excluding hydrogens is 447 g/mol. The van der Waals surface area contributed by atoms with Gasteiger partial charge in [0.05, 0.1) is 5.69 Å². The van der Waals surface area contributed by atoms with E-state index in [0.29, 0.717) is 30.3 Å². The highest BCUT2D eigenvalue weighted by Gasteiger charge is 2.32. The van der Waals surface area contributed by atoms with E-state index in [9.17, 15) is 14.3 Å². The van der Waals surface area contributed by atoms with Crippen molar-refractivity contribution in [2.45, 2.75) is 71.4 Å². The molecule has 0 spiro atoms. The fourth-order valence-corrected chi connectivity index (χ4v) is 5.89. The van der Waals surface area contributed by atoms with Gasteiger partial charge < -0.3 is 14.5 Å². The van der Waals surface area contributed by atoms with Crippen LogP contribution in [-0.2, 0) is 13.0 Å². The van der Waals surface area contributed by atoms with E-state index in [4.69, 9.17) is 9.51 Å². The summed E-state index contributed by atoms with van der Waals surface area (Å²) in [4.78, 5) is 20.4. The summed E-state index contributed by atoms with van der Waals surface area (Å²) in [5.74, 6) is 1.17. The molecule has 2 aromatic heterocycles. The van der Waals surface area contributed by atoms with Gasteiger partial charge >= 0.3 is 0 Å². The van der Waals surface area contributed by atoms with E-state index < -0.39 is 6.10 Å². The number of aliphatic hydroxyl groups is 1. The average Bonchev–Trinajstić information content (AvgIpc) is 3.24. The number of fused-ring (bicyclic) bond motifs is 2. The first-order valence-electron chi connectivity index (χ1n) is 12.9. The molecule has 0 radical (unpaired) electrons. The van der Waals surface area contributed by atoms with Crippen LogP contribution >= 0.6 is 0 Å². The van der Waals surface area contributed by atoms with Crippen molar-refractivity contribution in [2.75, 3.05) is 19.6 Å². The summed E-state index contributed by atoms with van der Waals surface area (Å²) in [6.45, 7) is 9.46. The van der Waals surface area contributed by atoms with Crippen molar-refractivity contribution in [1.82, 2.24) is 19.6 Å². The van der Waals surface area contributed by atoms with E-state index >= 15 is 0 Å². The second-order valence-corrected chi connectivity index (χ2v) is 10.7. The molecule has 8 heteroatoms. The van der Waals surface area contributed by atoms with Gasteiger partial charge in [0.2, 0.25) is 0 Å². The molecule has 0 aliphatic carbocycles. The van der Waals surface area contributed by atoms with E-state index in [-0.39, 0.29) is 23.2 Å². The van der Waals surface area contributed by atoms with Crippen molar-refractivity contribution in [3.63, 3.8) is 0 Å². The summed E-state index contributed by atoms with van der Waals surface area (Å²) in [5.41, 5.74) is 2.92. The van der Waals surface area contributed by atoms with Crippen molar-refractivity contribution >= 4 is 11.0 Å². The Hall–Kier alpha value is -2.58. The minimum absolute atomic E-state index is 0.00531. The van der Waals surface area contributed by atoms with Gasteiger partial charge in [-0.2, -0.15) is 0 Å². The van der Waals surface area contributed by atoms with Crippen LogP contribution in [0, 0.1) is 24.6 Å². The van der Waals surface area contributed by atoms with Crippen molar-refractivity contribution < 1.29 is 14.0 Å². The van der Waals surface area contributed by atoms with Crippen molar-refractivity contribution in [3.8, 4) is 0 Å². The van der Waals surface area contributed by atoms with Gasteiger partial charge in [0.25, 0.3) is 5.56 Å². The molecule has 2 aliphatic heterocycles. The zero-order chi connectivity index (χ0) is 24.7. The van der Waals surface area contributed by atoms with Gasteiger partial charge in [-0.05, 0) is 76.1 Å². The van der Waals surface area contributed by atoms with E-state index in [1.165, 1.54) is 12.1 Å². The highest BCUT2D eigenvalue weighted by atomic mass is 19.1. The molecule has 0 saturated carbocycles. The lowest BCUT2D eigenvalue weighted by Gasteiger charge is -2.33. The second-order valence-electron chi connectivity index (χ2n) is 10.7. The van der Waals surface area contributed by atoms with E-state index in [1.54, 1.807) is 10.6 Å². The van der Waals surface area contributed by atoms with Crippen LogP contribution in [0.2, 0.25) is 0 Å². The molecule has 2 unspecified atom stereocenters. The SMILES string of the molecule is Cc1nc2n(c(=O)c1CCN1CCC(c3noc4cc(F)ccc34)CC1)CCC(CC(C)C)C2O. The number of halogens is 1. The van der Waals surface area contributed by atoms with E-state index in [2.05, 4.69) is 23.9 Å². The third kappa shape index (κ3) is 4.78. The number of piperidine rings is 1. The number of aliphatic hydroxyl groups excluding tert-OH is 1. The Morgan fingerprint density at radius 1 is 1.20 bits per heavy atom. The fourth-order valence-electron chi connectivity index (χ4n) is 5.89. The topological polar surface area (TPSA) is 84.4 Å². The number of rotatable bonds is 6. The Morgan fingerprint density at radius 3 is 2.71 bits per heavy atom. The molecule has 1 saturated heterocycles. The molecule has 0 amide bonds. The van der Waals surface area contributed by atoms with Crippen LogP contribution in [0.3, 0.4) is 0 Å². The van der Waals surface area contributed by atoms with Gasteiger partial charge in [0.1, 0.15) is 17.7 Å². The first-order valence-corrected chi connectivity index (χ1v) is 12.9. The van der Waals surface area contributed by atoms with Crippen LogP contribution in [0.4, 0.5) is 4.39 Å². The van der Waals surface area contributed by atoms with Gasteiger partial charge in [0.15, 0.2) is 5.58 Å². The standard InChI is InChI=1S/C27H35FN4O3/c1-16(2)14-19-8-13-32-26(25(19)33)29-17(3)21(27(32)34)9-12-31-10-6-18(7-11-31)24-22-5-4-20(28)15-23(22)35-30-24/h4-5,15-16,18-19,25,33H,6-14H2,1-3H3. The summed E-state index contributed by atoms with van der Waals surface area (Å²) < 4.78 is 20.5. The quantitative estimate of drug-likeness (QED) is 0.562. The van der Waals surface area contributed by atoms with Gasteiger partial charge in [-0.25, -0.2) is 9.37 Å². The number of hydrogen-bond acceptors (Lipinski definition) is 6. The Labute approximate surface area is 204 Å². The van der Waals surface area contributed by atoms with Crippen molar-refractivity contribution in [1.29, 1.82) is 0 Å². The lowest BCUT2D eigenvalue weighted by molar-refractivity contribution is 0.0567. The predicted molar refractivity (Wildman–Crippen MR) is 132 cm³/mol. The molecule has 3 aromatic rings. The van der Waals surface area contributed by atoms with Gasteiger partial charge in [-0.1, -0.05) is 19.0 Å². The largest absolute Gasteiger partial charge is 0.385 e. The molecule has 4 heterocycles. The summed E-state index contributed by atoms with van der Waals surface area (Å²) in [6.07, 6.45) is 3.63. The molecule has 2 aliphatic rings. The second kappa shape index (κ2) is 9.82. The number of hydrogen-bond donors (Lipinski definition) is 1. The Bertz CT molecular complexity index is 1260. The van der Waals surface area contributed by atoms with E-state index in [1.807, 2.05) is 6.92 Å². The third-order valence-electron chi connectivity index (χ3n) is 7.82. The Balaban J connectivity index is 1.23. The molecule has 7 nitrogen and oxygen atoms in total. The zero-order valence-corrected chi connectivity index (χ0v) is 20.8. The van der Waals surface area contributed by atoms with Crippen LogP contribution < -0.4 is 5.56 Å². The fraction of sp³-hybridized carbons (Fsp3) is 0.593. The van der Waals surface area contributed by atoms with Crippen LogP contribution in [0.5, 0.6) is 0 Å². The number of nitrogens with zero attached hydrogens (tertiary/aromatic N) is 4. The molecule has 35 heavy (non-hydrogen) atoms. The lowest BCUT2D eigenvalue weighted by atomic mass is 9.86. The maximum absolute atomic E-state index is 13.5. The number of aromatic nitrogens is 3. The monoisotopic (exact) mass is 482 g/mol. The van der Waals surface area contributed by atoms with Crippen LogP contribution in [0.15, 0.2) is 27.5 Å². The summed E-state index contributed by atoms with van der Waals surface area (Å²) in [5, 5.41) is 16.0. The number of benzene rings is 1. The minimum atomic E-state index is -0.672. The minimum Gasteiger partial charge on any atom is -0.385 e. The van der Waals surface area contributed by atoms with Crippen LogP contribution in [0.25, 0.3) is 11.0 Å². The molecule has 2 atom stereocenters. The highest BCUT2D eigenvalue weighted by Crippen LogP contribution is 2.34. The maximum atomic E-state index is 13.5. The predicted octanol–water partition coefficient (Wildman–Crippen LogP) is 4.35. The number of likely N-dealkylation sites (tertiary alicyclic amines) is 1. The zero-order valence-electron chi connectivity index (χ0n) is 20.8. The maximum Gasteiger partial charge on any atom is 0.257 e. The molecule has 5 rings (SSSR count). The van der Waals surface area contributed by atoms with Gasteiger partial charge in [-0.3, -0.25) is 9.36 Å². The molecule has 188 valence electrons. The summed E-state index contributed by atoms with van der Waals surface area (Å²) in [7, 11) is 0. The van der Waals surface area contributed by atoms with Crippen LogP contribution in [-0.4, -0.2) is 44.3 Å². The summed E-state index contributed by atoms with van der Waals surface area (Å²) >= 11 is 0. The van der Waals surface area contributed by atoms with Gasteiger partial charge in [0, 0.05) is 41.7 Å². The first-order chi connectivity index (χ1) is 16.8. The van der Waals surface area contributed by atoms with Gasteiger partial charge in [-0.15, -0.1) is 0 Å². The molecular formula is C27H35FN4O3. The van der Waals surface area contributed by atoms with E-state index in [0.717, 1.165) is 67.7 Å². The summed E-state index contributed by atoms with van der Waals surface area (Å²) in [6, 6.07) is 4.59.